The first-order chi connectivity index (χ1) is 10.5. The van der Waals surface area contributed by atoms with Crippen molar-refractivity contribution in [2.45, 2.75) is 25.7 Å². The van der Waals surface area contributed by atoms with Crippen molar-refractivity contribution in [2.75, 3.05) is 22.9 Å². The second kappa shape index (κ2) is 5.61. The van der Waals surface area contributed by atoms with Crippen LogP contribution in [0.4, 0.5) is 11.4 Å². The van der Waals surface area contributed by atoms with Crippen LogP contribution in [0.2, 0.25) is 5.02 Å². The highest BCUT2D eigenvalue weighted by Crippen LogP contribution is 2.39. The highest BCUT2D eigenvalue weighted by atomic mass is 35.5. The Bertz CT molecular complexity index is 627. The van der Waals surface area contributed by atoms with Crippen molar-refractivity contribution in [1.29, 1.82) is 0 Å². The molecule has 1 aromatic carbocycles. The molecule has 0 aliphatic carbocycles. The van der Waals surface area contributed by atoms with Gasteiger partial charge >= 0.3 is 5.97 Å². The van der Waals surface area contributed by atoms with E-state index in [0.717, 1.165) is 0 Å². The molecule has 2 saturated heterocycles. The summed E-state index contributed by atoms with van der Waals surface area (Å²) in [5, 5.41) is 9.55. The van der Waals surface area contributed by atoms with E-state index < -0.39 is 5.97 Å². The van der Waals surface area contributed by atoms with Gasteiger partial charge in [0.2, 0.25) is 11.8 Å². The summed E-state index contributed by atoms with van der Waals surface area (Å²) in [5.74, 6) is -1.27. The van der Waals surface area contributed by atoms with Crippen LogP contribution in [0.3, 0.4) is 0 Å². The fraction of sp³-hybridized carbons (Fsp3) is 0.400. The van der Waals surface area contributed by atoms with Crippen molar-refractivity contribution in [3.05, 3.63) is 22.7 Å². The molecule has 3 rings (SSSR count). The molecule has 6 nitrogen and oxygen atoms in total. The van der Waals surface area contributed by atoms with Crippen LogP contribution in [0.5, 0.6) is 0 Å². The molecule has 0 aromatic heterocycles. The van der Waals surface area contributed by atoms with E-state index in [1.165, 1.54) is 21.9 Å². The number of aromatic carboxylic acids is 1. The summed E-state index contributed by atoms with van der Waals surface area (Å²) in [5.41, 5.74) is 0.770. The minimum atomic E-state index is -1.11. The van der Waals surface area contributed by atoms with Crippen LogP contribution in [0.15, 0.2) is 12.1 Å². The first kappa shape index (κ1) is 14.8. The van der Waals surface area contributed by atoms with Gasteiger partial charge in [0.15, 0.2) is 0 Å². The van der Waals surface area contributed by atoms with Crippen molar-refractivity contribution in [1.82, 2.24) is 0 Å². The summed E-state index contributed by atoms with van der Waals surface area (Å²) >= 11 is 6.40. The van der Waals surface area contributed by atoms with Gasteiger partial charge in [-0.15, -0.1) is 0 Å². The number of nitrogens with zero attached hydrogens (tertiary/aromatic N) is 2. The summed E-state index contributed by atoms with van der Waals surface area (Å²) < 4.78 is 0. The van der Waals surface area contributed by atoms with Crippen molar-refractivity contribution < 1.29 is 19.5 Å². The normalized spacial score (nSPS) is 18.4. The van der Waals surface area contributed by atoms with Crippen LogP contribution in [-0.4, -0.2) is 36.0 Å². The zero-order chi connectivity index (χ0) is 15.9. The summed E-state index contributed by atoms with van der Waals surface area (Å²) in [6, 6.07) is 2.80. The lowest BCUT2D eigenvalue weighted by atomic mass is 10.1. The largest absolute Gasteiger partial charge is 0.478 e. The van der Waals surface area contributed by atoms with E-state index in [2.05, 4.69) is 0 Å². The molecule has 2 amide bonds. The van der Waals surface area contributed by atoms with Crippen LogP contribution in [-0.2, 0) is 9.59 Å². The van der Waals surface area contributed by atoms with E-state index in [-0.39, 0.29) is 22.4 Å². The molecule has 7 heteroatoms. The topological polar surface area (TPSA) is 77.9 Å². The molecule has 2 aliphatic heterocycles. The van der Waals surface area contributed by atoms with Gasteiger partial charge in [-0.25, -0.2) is 4.79 Å². The summed E-state index contributed by atoms with van der Waals surface area (Å²) in [7, 11) is 0. The average Bonchev–Trinajstić information content (AvgIpc) is 3.08. The number of hydrogen-bond donors (Lipinski definition) is 1. The molecule has 2 aliphatic rings. The molecule has 0 atom stereocenters. The monoisotopic (exact) mass is 322 g/mol. The Morgan fingerprint density at radius 3 is 1.77 bits per heavy atom. The number of carboxylic acid groups (broad SMARTS) is 1. The molecular weight excluding hydrogens is 308 g/mol. The molecule has 0 saturated carbocycles. The Hall–Kier alpha value is -2.08. The van der Waals surface area contributed by atoms with Crippen LogP contribution in [0.1, 0.15) is 36.0 Å². The molecule has 22 heavy (non-hydrogen) atoms. The third kappa shape index (κ3) is 2.43. The minimum absolute atomic E-state index is 0.0220. The van der Waals surface area contributed by atoms with Gasteiger partial charge in [0.05, 0.1) is 22.0 Å². The average molecular weight is 323 g/mol. The fourth-order valence-electron chi connectivity index (χ4n) is 2.92. The number of amides is 2. The SMILES string of the molecule is O=C(O)c1cc(N2CCCC2=O)c(Cl)c(N2CCCC2=O)c1. The maximum atomic E-state index is 11.9. The third-order valence-corrected chi connectivity index (χ3v) is 4.40. The Morgan fingerprint density at radius 1 is 1.00 bits per heavy atom. The van der Waals surface area contributed by atoms with Crippen LogP contribution >= 0.6 is 11.6 Å². The van der Waals surface area contributed by atoms with E-state index in [9.17, 15) is 19.5 Å². The zero-order valence-electron chi connectivity index (χ0n) is 11.8. The predicted molar refractivity (Wildman–Crippen MR) is 81.6 cm³/mol. The van der Waals surface area contributed by atoms with Crippen molar-refractivity contribution >= 4 is 40.8 Å². The van der Waals surface area contributed by atoms with Crippen molar-refractivity contribution in [3.63, 3.8) is 0 Å². The van der Waals surface area contributed by atoms with E-state index in [4.69, 9.17) is 11.6 Å². The first-order valence-corrected chi connectivity index (χ1v) is 7.54. The maximum absolute atomic E-state index is 11.9. The lowest BCUT2D eigenvalue weighted by Crippen LogP contribution is -2.27. The molecule has 0 unspecified atom stereocenters. The lowest BCUT2D eigenvalue weighted by molar-refractivity contribution is -0.117. The zero-order valence-corrected chi connectivity index (χ0v) is 12.6. The van der Waals surface area contributed by atoms with Gasteiger partial charge in [0, 0.05) is 25.9 Å². The van der Waals surface area contributed by atoms with Gasteiger partial charge in [-0.2, -0.15) is 0 Å². The number of carboxylic acids is 1. The first-order valence-electron chi connectivity index (χ1n) is 7.16. The van der Waals surface area contributed by atoms with Gasteiger partial charge < -0.3 is 14.9 Å². The predicted octanol–water partition coefficient (Wildman–Crippen LogP) is 2.29. The Morgan fingerprint density at radius 2 is 1.45 bits per heavy atom. The Balaban J connectivity index is 2.13. The van der Waals surface area contributed by atoms with Gasteiger partial charge in [-0.05, 0) is 25.0 Å². The number of hydrogen-bond acceptors (Lipinski definition) is 3. The Kier molecular flexibility index (Phi) is 3.78. The summed E-state index contributed by atoms with van der Waals surface area (Å²) in [4.78, 5) is 38.2. The minimum Gasteiger partial charge on any atom is -0.478 e. The molecule has 116 valence electrons. The van der Waals surface area contributed by atoms with Crippen LogP contribution in [0.25, 0.3) is 0 Å². The van der Waals surface area contributed by atoms with Crippen molar-refractivity contribution in [2.24, 2.45) is 0 Å². The van der Waals surface area contributed by atoms with E-state index in [0.29, 0.717) is 50.1 Å². The van der Waals surface area contributed by atoms with Crippen molar-refractivity contribution in [3.8, 4) is 0 Å². The number of benzene rings is 1. The number of rotatable bonds is 3. The lowest BCUT2D eigenvalue weighted by Gasteiger charge is -2.24. The standard InChI is InChI=1S/C15H15ClN2O4/c16-14-10(17-5-1-3-12(17)19)7-9(15(21)22)8-11(14)18-6-2-4-13(18)20/h7-8H,1-6H2,(H,21,22). The molecule has 0 radical (unpaired) electrons. The second-order valence-corrected chi connectivity index (χ2v) is 5.81. The molecular formula is C15H15ClN2O4. The highest BCUT2D eigenvalue weighted by Gasteiger charge is 2.30. The number of halogens is 1. The quantitative estimate of drug-likeness (QED) is 0.926. The summed E-state index contributed by atoms with van der Waals surface area (Å²) in [6.45, 7) is 1.02. The smallest absolute Gasteiger partial charge is 0.335 e. The third-order valence-electron chi connectivity index (χ3n) is 4.01. The maximum Gasteiger partial charge on any atom is 0.335 e. The fourth-order valence-corrected chi connectivity index (χ4v) is 3.23. The Labute approximate surface area is 132 Å². The van der Waals surface area contributed by atoms with Gasteiger partial charge in [-0.1, -0.05) is 11.6 Å². The molecule has 0 spiro atoms. The van der Waals surface area contributed by atoms with Gasteiger partial charge in [-0.3, -0.25) is 9.59 Å². The second-order valence-electron chi connectivity index (χ2n) is 5.43. The van der Waals surface area contributed by atoms with Gasteiger partial charge in [0.1, 0.15) is 0 Å². The van der Waals surface area contributed by atoms with Crippen LogP contribution in [0, 0.1) is 0 Å². The molecule has 1 N–H and O–H groups in total. The highest BCUT2D eigenvalue weighted by molar-refractivity contribution is 6.37. The summed E-state index contributed by atoms with van der Waals surface area (Å²) in [6.07, 6.45) is 2.27. The van der Waals surface area contributed by atoms with E-state index in [1.807, 2.05) is 0 Å². The van der Waals surface area contributed by atoms with E-state index in [1.54, 1.807) is 0 Å². The number of anilines is 2. The molecule has 0 bridgehead atoms. The van der Waals surface area contributed by atoms with Gasteiger partial charge in [0.25, 0.3) is 0 Å². The molecule has 2 fully saturated rings. The van der Waals surface area contributed by atoms with Crippen LogP contribution < -0.4 is 9.80 Å². The molecule has 2 heterocycles. The number of carbonyl (C=O) groups excluding carboxylic acids is 2. The van der Waals surface area contributed by atoms with E-state index >= 15 is 0 Å². The molecule has 1 aromatic rings. The number of carbonyl (C=O) groups is 3.